The van der Waals surface area contributed by atoms with Gasteiger partial charge in [-0.1, -0.05) is 36.9 Å². The molecule has 0 aliphatic heterocycles. The molecule has 2 N–H and O–H groups in total. The number of benzene rings is 1. The van der Waals surface area contributed by atoms with Crippen LogP contribution in [0.25, 0.3) is 12.2 Å². The number of nitrogens with two attached hydrogens (primary N) is 1. The number of aryl methyl sites for hydroxylation is 1. The van der Waals surface area contributed by atoms with Crippen LogP contribution in [0.15, 0.2) is 36.9 Å². The van der Waals surface area contributed by atoms with Crippen molar-refractivity contribution in [3.8, 4) is 0 Å². The van der Waals surface area contributed by atoms with Gasteiger partial charge in [0.05, 0.1) is 11.4 Å². The lowest BCUT2D eigenvalue weighted by Crippen LogP contribution is -2.05. The number of imidazole rings is 1. The quantitative estimate of drug-likeness (QED) is 0.902. The van der Waals surface area contributed by atoms with Gasteiger partial charge in [0, 0.05) is 13.1 Å². The third-order valence-corrected chi connectivity index (χ3v) is 3.34. The summed E-state index contributed by atoms with van der Waals surface area (Å²) in [5.41, 5.74) is 10.0. The van der Waals surface area contributed by atoms with E-state index in [-0.39, 0.29) is 0 Å². The molecule has 2 aromatic rings. The van der Waals surface area contributed by atoms with Crippen LogP contribution in [0, 0.1) is 6.92 Å². The molecule has 0 saturated heterocycles. The average molecular weight is 267 g/mol. The van der Waals surface area contributed by atoms with Crippen molar-refractivity contribution in [2.75, 3.05) is 0 Å². The Bertz CT molecular complexity index is 618. The summed E-state index contributed by atoms with van der Waals surface area (Å²) in [6, 6.07) is 8.39. The number of hydrogen-bond donors (Lipinski definition) is 1. The molecule has 104 valence electrons. The Hall–Kier alpha value is -2.13. The van der Waals surface area contributed by atoms with Crippen LogP contribution in [0.4, 0.5) is 0 Å². The summed E-state index contributed by atoms with van der Waals surface area (Å²) in [5.74, 6) is 0.996. The first-order valence-electron chi connectivity index (χ1n) is 6.79. The van der Waals surface area contributed by atoms with Crippen molar-refractivity contribution >= 4 is 12.2 Å². The van der Waals surface area contributed by atoms with E-state index in [2.05, 4.69) is 46.5 Å². The molecule has 0 saturated carbocycles. The molecule has 3 heteroatoms. The molecule has 0 aliphatic carbocycles. The van der Waals surface area contributed by atoms with Gasteiger partial charge < -0.3 is 10.3 Å². The van der Waals surface area contributed by atoms with Crippen molar-refractivity contribution < 1.29 is 0 Å². The molecule has 1 heterocycles. The van der Waals surface area contributed by atoms with E-state index < -0.39 is 0 Å². The Morgan fingerprint density at radius 3 is 2.45 bits per heavy atom. The van der Waals surface area contributed by atoms with Gasteiger partial charge in [-0.05, 0) is 37.1 Å². The maximum Gasteiger partial charge on any atom is 0.107 e. The minimum Gasteiger partial charge on any atom is -0.326 e. The second-order valence-corrected chi connectivity index (χ2v) is 4.74. The highest BCUT2D eigenvalue weighted by Crippen LogP contribution is 2.17. The molecule has 0 bridgehead atoms. The van der Waals surface area contributed by atoms with E-state index in [1.807, 2.05) is 19.9 Å². The highest BCUT2D eigenvalue weighted by Gasteiger charge is 2.10. The molecule has 1 aromatic heterocycles. The fraction of sp³-hybridized carbons (Fsp3) is 0.235. The molecule has 0 unspecified atom stereocenters. The van der Waals surface area contributed by atoms with Crippen LogP contribution >= 0.6 is 0 Å². The molecule has 0 radical (unpaired) electrons. The molecule has 3 nitrogen and oxygen atoms in total. The molecule has 0 fully saturated rings. The van der Waals surface area contributed by atoms with Crippen LogP contribution in [0.3, 0.4) is 0 Å². The van der Waals surface area contributed by atoms with Gasteiger partial charge in [0.1, 0.15) is 5.82 Å². The summed E-state index contributed by atoms with van der Waals surface area (Å²) in [7, 11) is 0. The molecule has 1 aromatic carbocycles. The average Bonchev–Trinajstić information content (AvgIpc) is 2.77. The van der Waals surface area contributed by atoms with Gasteiger partial charge in [0.2, 0.25) is 0 Å². The van der Waals surface area contributed by atoms with Crippen molar-refractivity contribution in [3.63, 3.8) is 0 Å². The summed E-state index contributed by atoms with van der Waals surface area (Å²) < 4.78 is 2.20. The molecular formula is C17H21N3. The molecule has 0 amide bonds. The van der Waals surface area contributed by atoms with Gasteiger partial charge in [-0.3, -0.25) is 0 Å². The van der Waals surface area contributed by atoms with E-state index in [0.717, 1.165) is 29.3 Å². The third-order valence-electron chi connectivity index (χ3n) is 3.34. The summed E-state index contributed by atoms with van der Waals surface area (Å²) in [4.78, 5) is 4.55. The first-order chi connectivity index (χ1) is 9.69. The number of rotatable bonds is 5. The topological polar surface area (TPSA) is 43.8 Å². The van der Waals surface area contributed by atoms with Gasteiger partial charge in [-0.25, -0.2) is 4.98 Å². The highest BCUT2D eigenvalue weighted by atomic mass is 15.1. The Labute approximate surface area is 120 Å². The predicted octanol–water partition coefficient (Wildman–Crippen LogP) is 3.37. The van der Waals surface area contributed by atoms with Crippen LogP contribution in [-0.4, -0.2) is 9.55 Å². The summed E-state index contributed by atoms with van der Waals surface area (Å²) >= 11 is 0. The zero-order valence-electron chi connectivity index (χ0n) is 12.1. The normalized spacial score (nSPS) is 11.2. The van der Waals surface area contributed by atoms with E-state index in [4.69, 9.17) is 5.73 Å². The number of allylic oxidation sites excluding steroid dienone is 1. The Morgan fingerprint density at radius 1 is 1.25 bits per heavy atom. The van der Waals surface area contributed by atoms with Crippen molar-refractivity contribution in [2.24, 2.45) is 5.73 Å². The molecule has 2 rings (SSSR count). The lowest BCUT2D eigenvalue weighted by atomic mass is 10.1. The maximum atomic E-state index is 5.63. The lowest BCUT2D eigenvalue weighted by molar-refractivity contribution is 0.754. The van der Waals surface area contributed by atoms with Gasteiger partial charge >= 0.3 is 0 Å². The van der Waals surface area contributed by atoms with E-state index in [9.17, 15) is 0 Å². The van der Waals surface area contributed by atoms with Gasteiger partial charge in [-0.2, -0.15) is 0 Å². The van der Waals surface area contributed by atoms with Crippen LogP contribution in [-0.2, 0) is 13.1 Å². The maximum absolute atomic E-state index is 5.63. The standard InChI is InChI=1S/C17H21N3/c1-4-6-17-16(5-2)19-13(3)20(17)12-15-9-7-14(11-18)8-10-15/h4-10H,2,11-12,18H2,1,3H3/b6-4-. The summed E-state index contributed by atoms with van der Waals surface area (Å²) in [6.45, 7) is 9.25. The minimum atomic E-state index is 0.578. The number of hydrogen-bond acceptors (Lipinski definition) is 2. The molecule has 0 spiro atoms. The van der Waals surface area contributed by atoms with Crippen molar-refractivity contribution in [2.45, 2.75) is 26.9 Å². The van der Waals surface area contributed by atoms with Crippen LogP contribution < -0.4 is 5.73 Å². The predicted molar refractivity (Wildman–Crippen MR) is 85.2 cm³/mol. The van der Waals surface area contributed by atoms with Crippen molar-refractivity contribution in [1.82, 2.24) is 9.55 Å². The summed E-state index contributed by atoms with van der Waals surface area (Å²) in [6.07, 6.45) is 5.90. The van der Waals surface area contributed by atoms with Gasteiger partial charge in [0.25, 0.3) is 0 Å². The Morgan fingerprint density at radius 2 is 1.90 bits per heavy atom. The monoisotopic (exact) mass is 267 g/mol. The largest absolute Gasteiger partial charge is 0.326 e. The van der Waals surface area contributed by atoms with Crippen molar-refractivity contribution in [1.29, 1.82) is 0 Å². The minimum absolute atomic E-state index is 0.578. The fourth-order valence-corrected chi connectivity index (χ4v) is 2.25. The second kappa shape index (κ2) is 6.35. The zero-order chi connectivity index (χ0) is 14.5. The van der Waals surface area contributed by atoms with E-state index in [0.29, 0.717) is 6.54 Å². The van der Waals surface area contributed by atoms with E-state index in [1.54, 1.807) is 6.08 Å². The fourth-order valence-electron chi connectivity index (χ4n) is 2.25. The van der Waals surface area contributed by atoms with Gasteiger partial charge in [0.15, 0.2) is 0 Å². The molecule has 0 atom stereocenters. The van der Waals surface area contributed by atoms with Crippen molar-refractivity contribution in [3.05, 3.63) is 65.3 Å². The van der Waals surface area contributed by atoms with Crippen LogP contribution in [0.1, 0.15) is 35.3 Å². The van der Waals surface area contributed by atoms with E-state index >= 15 is 0 Å². The molecular weight excluding hydrogens is 246 g/mol. The third kappa shape index (κ3) is 2.89. The molecule has 0 aliphatic rings. The Kier molecular flexibility index (Phi) is 4.53. The smallest absolute Gasteiger partial charge is 0.107 e. The van der Waals surface area contributed by atoms with Crippen LogP contribution in [0.5, 0.6) is 0 Å². The first-order valence-corrected chi connectivity index (χ1v) is 6.79. The zero-order valence-corrected chi connectivity index (χ0v) is 12.1. The lowest BCUT2D eigenvalue weighted by Gasteiger charge is -2.09. The SMILES string of the molecule is C=Cc1nc(C)n(Cc2ccc(CN)cc2)c1/C=C\C. The van der Waals surface area contributed by atoms with Crippen LogP contribution in [0.2, 0.25) is 0 Å². The number of aromatic nitrogens is 2. The second-order valence-electron chi connectivity index (χ2n) is 4.74. The summed E-state index contributed by atoms with van der Waals surface area (Å²) in [5, 5.41) is 0. The molecule has 20 heavy (non-hydrogen) atoms. The first kappa shape index (κ1) is 14.3. The Balaban J connectivity index is 2.36. The van der Waals surface area contributed by atoms with E-state index in [1.165, 1.54) is 5.56 Å². The van der Waals surface area contributed by atoms with Gasteiger partial charge in [-0.15, -0.1) is 0 Å². The highest BCUT2D eigenvalue weighted by molar-refractivity contribution is 5.59. The number of nitrogens with zero attached hydrogens (tertiary/aromatic N) is 2.